The fraction of sp³-hybridized carbons (Fsp3) is 0.250. The Hall–Kier alpha value is 0.640. The van der Waals surface area contributed by atoms with Gasteiger partial charge in [-0.2, -0.15) is 0 Å². The molecule has 27 heavy (non-hydrogen) atoms. The molecule has 4 bridgehead atoms. The van der Waals surface area contributed by atoms with Crippen LogP contribution in [-0.2, 0) is 0 Å². The largest absolute Gasteiger partial charge is 0.496 e. The third kappa shape index (κ3) is 5.84. The van der Waals surface area contributed by atoms with E-state index in [-0.39, 0.29) is 0 Å². The maximum absolute atomic E-state index is 5.60. The Balaban J connectivity index is 1.89. The molecule has 0 saturated heterocycles. The van der Waals surface area contributed by atoms with Gasteiger partial charge >= 0.3 is 0 Å². The molecule has 4 heterocycles. The van der Waals surface area contributed by atoms with Gasteiger partial charge in [-0.25, -0.2) is 0 Å². The molecule has 0 N–H and O–H groups in total. The van der Waals surface area contributed by atoms with Crippen molar-refractivity contribution < 1.29 is 14.2 Å². The van der Waals surface area contributed by atoms with Gasteiger partial charge in [-0.1, -0.05) is 0 Å². The molecular weight excluding hydrogens is 497 g/mol. The molecule has 0 fully saturated rings. The van der Waals surface area contributed by atoms with Crippen molar-refractivity contribution in [1.82, 2.24) is 0 Å². The highest BCUT2D eigenvalue weighted by molar-refractivity contribution is 9.26. The Labute approximate surface area is 190 Å². The fourth-order valence-electron chi connectivity index (χ4n) is 2.13. The van der Waals surface area contributed by atoms with Crippen LogP contribution in [0.2, 0.25) is 0 Å². The monoisotopic (exact) mass is 512 g/mol. The maximum Gasteiger partial charge on any atom is 0.134 e. The summed E-state index contributed by atoms with van der Waals surface area (Å²) in [5.74, 6) is 2.65. The summed E-state index contributed by atoms with van der Waals surface area (Å²) in [5.41, 5.74) is 1.26. The average Bonchev–Trinajstić information content (AvgIpc) is 2.68. The van der Waals surface area contributed by atoms with Gasteiger partial charge in [0, 0.05) is 4.90 Å². The lowest BCUT2D eigenvalue weighted by atomic mass is 10.2. The van der Waals surface area contributed by atoms with Gasteiger partial charge in [0.1, 0.15) is 17.2 Å². The van der Waals surface area contributed by atoms with Gasteiger partial charge in [0.2, 0.25) is 0 Å². The van der Waals surface area contributed by atoms with Crippen LogP contribution in [0.25, 0.3) is 0 Å². The van der Waals surface area contributed by atoms with Crippen LogP contribution >= 0.6 is 82.5 Å². The van der Waals surface area contributed by atoms with E-state index in [4.69, 9.17) is 14.2 Å². The smallest absolute Gasteiger partial charge is 0.134 e. The highest BCUT2D eigenvalue weighted by Gasteiger charge is 2.16. The number of rotatable bonds is 3. The Kier molecular flexibility index (Phi) is 9.22. The van der Waals surface area contributed by atoms with Crippen molar-refractivity contribution in [2.24, 2.45) is 0 Å². The minimum absolute atomic E-state index is 0.864. The molecule has 0 radical (unpaired) electrons. The second-order valence-electron chi connectivity index (χ2n) is 5.03. The second kappa shape index (κ2) is 11.1. The van der Waals surface area contributed by atoms with Gasteiger partial charge in [-0.15, -0.1) is 0 Å². The molecule has 4 aliphatic heterocycles. The van der Waals surface area contributed by atoms with Gasteiger partial charge in [0.05, 0.1) is 36.0 Å². The molecule has 0 amide bonds. The van der Waals surface area contributed by atoms with E-state index in [9.17, 15) is 0 Å². The molecule has 2 aromatic carbocycles. The number of hydrogen-bond donors (Lipinski definition) is 0. The van der Waals surface area contributed by atoms with Crippen LogP contribution in [0.15, 0.2) is 43.8 Å². The van der Waals surface area contributed by atoms with Crippen molar-refractivity contribution in [3.63, 3.8) is 0 Å². The molecule has 6 rings (SSSR count). The van der Waals surface area contributed by atoms with E-state index in [1.807, 2.05) is 6.07 Å². The summed E-state index contributed by atoms with van der Waals surface area (Å²) in [6.45, 7) is 2.14. The van der Waals surface area contributed by atoms with Crippen LogP contribution in [-0.4, -0.2) is 21.3 Å². The molecule has 0 unspecified atom stereocenters. The van der Waals surface area contributed by atoms with Crippen molar-refractivity contribution in [3.05, 3.63) is 29.8 Å². The third-order valence-electron chi connectivity index (χ3n) is 3.46. The minimum Gasteiger partial charge on any atom is -0.496 e. The van der Waals surface area contributed by atoms with Crippen molar-refractivity contribution >= 4 is 82.5 Å². The van der Waals surface area contributed by atoms with Crippen LogP contribution in [0.1, 0.15) is 5.56 Å². The quantitative estimate of drug-likeness (QED) is 0.370. The summed E-state index contributed by atoms with van der Waals surface area (Å²) in [4.78, 5) is 4.46. The number of ether oxygens (including phenoxy) is 3. The van der Waals surface area contributed by atoms with Gasteiger partial charge in [0.25, 0.3) is 0 Å². The number of methoxy groups -OCH3 is 3. The zero-order valence-corrected chi connectivity index (χ0v) is 21.3. The predicted molar refractivity (Wildman–Crippen MR) is 131 cm³/mol. The molecule has 0 saturated carbocycles. The highest BCUT2D eigenvalue weighted by atomic mass is 33.7. The highest BCUT2D eigenvalue weighted by Crippen LogP contribution is 2.57. The number of aryl methyl sites for hydroxylation is 1. The molecule has 146 valence electrons. The van der Waals surface area contributed by atoms with Crippen molar-refractivity contribution in [1.29, 1.82) is 0 Å². The van der Waals surface area contributed by atoms with Crippen LogP contribution in [0, 0.1) is 6.92 Å². The first-order chi connectivity index (χ1) is 13.2. The molecule has 0 aromatic heterocycles. The summed E-state index contributed by atoms with van der Waals surface area (Å²) in [7, 11) is 18.8. The first-order valence-corrected chi connectivity index (χ1v) is 17.1. The van der Waals surface area contributed by atoms with Crippen LogP contribution in [0.4, 0.5) is 0 Å². The van der Waals surface area contributed by atoms with E-state index in [2.05, 4.69) is 25.1 Å². The van der Waals surface area contributed by atoms with Crippen LogP contribution in [0.3, 0.4) is 0 Å². The maximum atomic E-state index is 5.60. The van der Waals surface area contributed by atoms with Crippen molar-refractivity contribution in [2.75, 3.05) is 21.3 Å². The predicted octanol–water partition coefficient (Wildman–Crippen LogP) is 8.53. The molecule has 0 atom stereocenters. The number of benzene rings is 2. The lowest BCUT2D eigenvalue weighted by molar-refractivity contribution is 0.386. The van der Waals surface area contributed by atoms with E-state index >= 15 is 0 Å². The minimum atomic E-state index is 0.864. The molecular formula is C16H16O3S8. The van der Waals surface area contributed by atoms with Gasteiger partial charge in [0.15, 0.2) is 0 Å². The standard InChI is InChI=1S/C16H16O3S8/c1-9-5-14-10(17-2)6-13(9)20-24-26-22-15-7-12(19-4)16(8-11(15)18-3)23-27-25-21-14/h5-8H,1-4H3. The lowest BCUT2D eigenvalue weighted by Gasteiger charge is -2.15. The topological polar surface area (TPSA) is 27.7 Å². The first kappa shape index (κ1) is 22.3. The Morgan fingerprint density at radius 2 is 0.852 bits per heavy atom. The Bertz CT molecular complexity index is 802. The zero-order chi connectivity index (χ0) is 19.2. The Morgan fingerprint density at radius 1 is 0.519 bits per heavy atom. The summed E-state index contributed by atoms with van der Waals surface area (Å²) in [5, 5.41) is 0. The van der Waals surface area contributed by atoms with Crippen LogP contribution < -0.4 is 14.2 Å². The summed E-state index contributed by atoms with van der Waals surface area (Å²) < 4.78 is 16.8. The molecule has 11 heteroatoms. The van der Waals surface area contributed by atoms with Gasteiger partial charge < -0.3 is 14.2 Å². The van der Waals surface area contributed by atoms with Crippen LogP contribution in [0.5, 0.6) is 17.2 Å². The van der Waals surface area contributed by atoms with E-state index in [0.717, 1.165) is 31.9 Å². The summed E-state index contributed by atoms with van der Waals surface area (Å²) in [6.07, 6.45) is 0. The Morgan fingerprint density at radius 3 is 1.26 bits per heavy atom. The first-order valence-electron chi connectivity index (χ1n) is 7.46. The van der Waals surface area contributed by atoms with Gasteiger partial charge in [-0.05, 0) is 119 Å². The summed E-state index contributed by atoms with van der Waals surface area (Å²) in [6, 6.07) is 8.43. The van der Waals surface area contributed by atoms with E-state index in [1.165, 1.54) is 10.5 Å². The molecule has 3 nitrogen and oxygen atoms in total. The normalized spacial score (nSPS) is 15.0. The third-order valence-corrected chi connectivity index (χ3v) is 15.7. The molecule has 2 aromatic rings. The molecule has 0 spiro atoms. The van der Waals surface area contributed by atoms with E-state index in [1.54, 1.807) is 104 Å². The SMILES string of the molecule is COc1cc2c(OC)cc1SSSSc1cc(OC)c(cc1C)SSSS2. The summed E-state index contributed by atoms with van der Waals surface area (Å²) >= 11 is 0. The molecule has 4 aliphatic rings. The lowest BCUT2D eigenvalue weighted by Crippen LogP contribution is -1.91. The van der Waals surface area contributed by atoms with Crippen molar-refractivity contribution in [2.45, 2.75) is 26.5 Å². The fourth-order valence-corrected chi connectivity index (χ4v) is 13.7. The average molecular weight is 513 g/mol. The zero-order valence-electron chi connectivity index (χ0n) is 14.8. The second-order valence-corrected chi connectivity index (χ2v) is 16.5. The van der Waals surface area contributed by atoms with E-state index < -0.39 is 0 Å². The van der Waals surface area contributed by atoms with E-state index in [0.29, 0.717) is 0 Å². The van der Waals surface area contributed by atoms with Crippen molar-refractivity contribution in [3.8, 4) is 17.2 Å². The molecule has 0 aliphatic carbocycles. The number of hydrogen-bond acceptors (Lipinski definition) is 11. The van der Waals surface area contributed by atoms with Gasteiger partial charge in [-0.3, -0.25) is 0 Å².